The normalized spacial score (nSPS) is 10.3. The summed E-state index contributed by atoms with van der Waals surface area (Å²) in [7, 11) is 0. The number of aromatic nitrogens is 2. The summed E-state index contributed by atoms with van der Waals surface area (Å²) in [5, 5.41) is 0.720. The Bertz CT molecular complexity index is 714. The molecule has 0 amide bonds. The van der Waals surface area contributed by atoms with Crippen LogP contribution in [0.25, 0.3) is 11.3 Å². The molecule has 0 unspecified atom stereocenters. The Morgan fingerprint density at radius 2 is 1.86 bits per heavy atom. The SMILES string of the molecule is Clc1ccc(COc2cncc(-c3ccccn3)c2)cc1. The number of rotatable bonds is 4. The molecule has 21 heavy (non-hydrogen) atoms. The van der Waals surface area contributed by atoms with E-state index in [2.05, 4.69) is 9.97 Å². The zero-order valence-corrected chi connectivity index (χ0v) is 12.0. The van der Waals surface area contributed by atoms with Gasteiger partial charge in [0.25, 0.3) is 0 Å². The molecule has 2 aromatic heterocycles. The number of nitrogens with zero attached hydrogens (tertiary/aromatic N) is 2. The van der Waals surface area contributed by atoms with Crippen molar-refractivity contribution in [3.63, 3.8) is 0 Å². The highest BCUT2D eigenvalue weighted by atomic mass is 35.5. The Hall–Kier alpha value is -2.39. The topological polar surface area (TPSA) is 35.0 Å². The molecule has 0 aliphatic heterocycles. The van der Waals surface area contributed by atoms with Gasteiger partial charge in [-0.05, 0) is 35.9 Å². The van der Waals surface area contributed by atoms with E-state index in [0.29, 0.717) is 12.4 Å². The number of hydrogen-bond acceptors (Lipinski definition) is 3. The van der Waals surface area contributed by atoms with Gasteiger partial charge in [-0.15, -0.1) is 0 Å². The van der Waals surface area contributed by atoms with E-state index in [1.807, 2.05) is 48.5 Å². The number of halogens is 1. The van der Waals surface area contributed by atoms with E-state index >= 15 is 0 Å². The van der Waals surface area contributed by atoms with Gasteiger partial charge in [0.2, 0.25) is 0 Å². The highest BCUT2D eigenvalue weighted by Crippen LogP contribution is 2.21. The van der Waals surface area contributed by atoms with Gasteiger partial charge in [0.05, 0.1) is 11.9 Å². The maximum absolute atomic E-state index is 5.86. The number of ether oxygens (including phenoxy) is 1. The molecular formula is C17H13ClN2O. The van der Waals surface area contributed by atoms with Crippen molar-refractivity contribution in [1.82, 2.24) is 9.97 Å². The smallest absolute Gasteiger partial charge is 0.138 e. The Kier molecular flexibility index (Phi) is 4.12. The molecule has 0 saturated carbocycles. The quantitative estimate of drug-likeness (QED) is 0.717. The van der Waals surface area contributed by atoms with E-state index in [9.17, 15) is 0 Å². The lowest BCUT2D eigenvalue weighted by atomic mass is 10.2. The molecule has 0 fully saturated rings. The van der Waals surface area contributed by atoms with Gasteiger partial charge in [0, 0.05) is 23.0 Å². The van der Waals surface area contributed by atoms with Crippen molar-refractivity contribution in [2.45, 2.75) is 6.61 Å². The molecule has 0 atom stereocenters. The van der Waals surface area contributed by atoms with E-state index in [1.165, 1.54) is 0 Å². The second-order valence-corrected chi connectivity index (χ2v) is 4.98. The monoisotopic (exact) mass is 296 g/mol. The molecule has 2 heterocycles. The fourth-order valence-corrected chi connectivity index (χ4v) is 2.04. The van der Waals surface area contributed by atoms with Gasteiger partial charge in [-0.1, -0.05) is 29.8 Å². The van der Waals surface area contributed by atoms with Crippen molar-refractivity contribution in [1.29, 1.82) is 0 Å². The number of benzene rings is 1. The van der Waals surface area contributed by atoms with E-state index in [-0.39, 0.29) is 0 Å². The largest absolute Gasteiger partial charge is 0.487 e. The molecule has 0 spiro atoms. The number of pyridine rings is 2. The summed E-state index contributed by atoms with van der Waals surface area (Å²) in [5.74, 6) is 0.716. The summed E-state index contributed by atoms with van der Waals surface area (Å²) in [4.78, 5) is 8.51. The first-order valence-corrected chi connectivity index (χ1v) is 6.93. The van der Waals surface area contributed by atoms with Crippen molar-refractivity contribution in [2.24, 2.45) is 0 Å². The number of hydrogen-bond donors (Lipinski definition) is 0. The fourth-order valence-electron chi connectivity index (χ4n) is 1.92. The summed E-state index contributed by atoms with van der Waals surface area (Å²) in [6, 6.07) is 15.3. The van der Waals surface area contributed by atoms with Crippen LogP contribution in [0.4, 0.5) is 0 Å². The lowest BCUT2D eigenvalue weighted by Crippen LogP contribution is -1.96. The van der Waals surface area contributed by atoms with Crippen LogP contribution in [0.2, 0.25) is 5.02 Å². The third-order valence-corrected chi connectivity index (χ3v) is 3.24. The predicted octanol–water partition coefficient (Wildman–Crippen LogP) is 4.38. The Morgan fingerprint density at radius 1 is 1.00 bits per heavy atom. The van der Waals surface area contributed by atoms with Crippen LogP contribution in [0, 0.1) is 0 Å². The summed E-state index contributed by atoms with van der Waals surface area (Å²) < 4.78 is 5.76. The molecule has 0 aliphatic carbocycles. The van der Waals surface area contributed by atoms with Crippen LogP contribution in [0.3, 0.4) is 0 Å². The van der Waals surface area contributed by atoms with Gasteiger partial charge in [0.1, 0.15) is 12.4 Å². The van der Waals surface area contributed by atoms with Crippen LogP contribution in [0.5, 0.6) is 5.75 Å². The molecule has 1 aromatic carbocycles. The van der Waals surface area contributed by atoms with Crippen LogP contribution in [-0.4, -0.2) is 9.97 Å². The molecule has 0 saturated heterocycles. The minimum atomic E-state index is 0.477. The lowest BCUT2D eigenvalue weighted by Gasteiger charge is -2.07. The molecule has 4 heteroatoms. The second-order valence-electron chi connectivity index (χ2n) is 4.54. The molecule has 104 valence electrons. The molecular weight excluding hydrogens is 284 g/mol. The van der Waals surface area contributed by atoms with Crippen LogP contribution < -0.4 is 4.74 Å². The summed E-state index contributed by atoms with van der Waals surface area (Å²) in [5.41, 5.74) is 2.87. The maximum Gasteiger partial charge on any atom is 0.138 e. The van der Waals surface area contributed by atoms with Crippen molar-refractivity contribution in [2.75, 3.05) is 0 Å². The highest BCUT2D eigenvalue weighted by molar-refractivity contribution is 6.30. The Labute approximate surface area is 128 Å². The van der Waals surface area contributed by atoms with Crippen molar-refractivity contribution in [3.05, 3.63) is 77.7 Å². The van der Waals surface area contributed by atoms with E-state index in [0.717, 1.165) is 21.8 Å². The van der Waals surface area contributed by atoms with Gasteiger partial charge in [-0.3, -0.25) is 9.97 Å². The van der Waals surface area contributed by atoms with Crippen LogP contribution in [0.1, 0.15) is 5.56 Å². The Balaban J connectivity index is 1.73. The molecule has 3 aromatic rings. The molecule has 0 aliphatic rings. The molecule has 0 N–H and O–H groups in total. The predicted molar refractivity (Wildman–Crippen MR) is 83.3 cm³/mol. The highest BCUT2D eigenvalue weighted by Gasteiger charge is 2.02. The van der Waals surface area contributed by atoms with Crippen molar-refractivity contribution < 1.29 is 4.74 Å². The average Bonchev–Trinajstić information content (AvgIpc) is 2.55. The first kappa shape index (κ1) is 13.6. The molecule has 0 radical (unpaired) electrons. The van der Waals surface area contributed by atoms with Crippen molar-refractivity contribution in [3.8, 4) is 17.0 Å². The third kappa shape index (κ3) is 3.58. The van der Waals surface area contributed by atoms with Gasteiger partial charge >= 0.3 is 0 Å². The molecule has 3 rings (SSSR count). The van der Waals surface area contributed by atoms with Gasteiger partial charge in [-0.2, -0.15) is 0 Å². The van der Waals surface area contributed by atoms with Gasteiger partial charge in [-0.25, -0.2) is 0 Å². The van der Waals surface area contributed by atoms with E-state index in [4.69, 9.17) is 16.3 Å². The standard InChI is InChI=1S/C17H13ClN2O/c18-15-6-4-13(5-7-15)12-21-16-9-14(10-19-11-16)17-3-1-2-8-20-17/h1-11H,12H2. The first-order valence-electron chi connectivity index (χ1n) is 6.55. The molecule has 0 bridgehead atoms. The van der Waals surface area contributed by atoms with Crippen molar-refractivity contribution >= 4 is 11.6 Å². The summed E-state index contributed by atoms with van der Waals surface area (Å²) >= 11 is 5.86. The minimum absolute atomic E-state index is 0.477. The Morgan fingerprint density at radius 3 is 2.62 bits per heavy atom. The van der Waals surface area contributed by atoms with Gasteiger partial charge in [0.15, 0.2) is 0 Å². The minimum Gasteiger partial charge on any atom is -0.487 e. The van der Waals surface area contributed by atoms with Crippen LogP contribution in [0.15, 0.2) is 67.1 Å². The fraction of sp³-hybridized carbons (Fsp3) is 0.0588. The average molecular weight is 297 g/mol. The first-order chi connectivity index (χ1) is 10.3. The van der Waals surface area contributed by atoms with Crippen LogP contribution >= 0.6 is 11.6 Å². The van der Waals surface area contributed by atoms with E-state index in [1.54, 1.807) is 18.6 Å². The zero-order valence-electron chi connectivity index (χ0n) is 11.2. The molecule has 3 nitrogen and oxygen atoms in total. The summed E-state index contributed by atoms with van der Waals surface area (Å²) in [6.45, 7) is 0.477. The maximum atomic E-state index is 5.86. The zero-order chi connectivity index (χ0) is 14.5. The lowest BCUT2D eigenvalue weighted by molar-refractivity contribution is 0.305. The van der Waals surface area contributed by atoms with E-state index < -0.39 is 0 Å². The summed E-state index contributed by atoms with van der Waals surface area (Å²) in [6.07, 6.45) is 5.23. The van der Waals surface area contributed by atoms with Crippen LogP contribution in [-0.2, 0) is 6.61 Å². The van der Waals surface area contributed by atoms with Gasteiger partial charge < -0.3 is 4.74 Å². The third-order valence-electron chi connectivity index (χ3n) is 2.99. The second kappa shape index (κ2) is 6.37.